The number of hydrogen-bond donors (Lipinski definition) is 1. The molecule has 0 spiro atoms. The molecule has 0 amide bonds. The predicted octanol–water partition coefficient (Wildman–Crippen LogP) is 3.82. The smallest absolute Gasteiger partial charge is 0.246 e. The lowest BCUT2D eigenvalue weighted by Gasteiger charge is -2.14. The van der Waals surface area contributed by atoms with Crippen LogP contribution >= 0.6 is 46.4 Å². The number of rotatable bonds is 1. The van der Waals surface area contributed by atoms with Gasteiger partial charge in [0.15, 0.2) is 0 Å². The number of aliphatic hydroxyl groups is 1. The maximum absolute atomic E-state index is 9.10. The molecule has 0 atom stereocenters. The van der Waals surface area contributed by atoms with Gasteiger partial charge in [0.1, 0.15) is 5.76 Å². The first-order valence-corrected chi connectivity index (χ1v) is 4.32. The first kappa shape index (κ1) is 11.7. The summed E-state index contributed by atoms with van der Waals surface area (Å²) < 4.78 is -1.79. The van der Waals surface area contributed by atoms with Crippen molar-refractivity contribution in [2.24, 2.45) is 0 Å². The van der Waals surface area contributed by atoms with Crippen molar-refractivity contribution in [2.75, 3.05) is 0 Å². The topological polar surface area (TPSA) is 20.2 Å². The van der Waals surface area contributed by atoms with E-state index in [9.17, 15) is 0 Å². The third-order valence-electron chi connectivity index (χ3n) is 0.770. The molecular weight excluding hydrogens is 230 g/mol. The molecule has 0 aromatic carbocycles. The van der Waals surface area contributed by atoms with E-state index in [0.717, 1.165) is 0 Å². The van der Waals surface area contributed by atoms with Crippen LogP contribution in [-0.2, 0) is 0 Å². The van der Waals surface area contributed by atoms with E-state index < -0.39 is 8.67 Å². The monoisotopic (exact) mass is 236 g/mol. The predicted molar refractivity (Wildman–Crippen MR) is 50.9 cm³/mol. The molecule has 0 rings (SSSR count). The lowest BCUT2D eigenvalue weighted by molar-refractivity contribution is 0.397. The molecule has 1 N–H and O–H groups in total. The minimum atomic E-state index is -1.79. The maximum atomic E-state index is 9.10. The number of halogens is 4. The van der Waals surface area contributed by atoms with Gasteiger partial charge < -0.3 is 5.11 Å². The van der Waals surface area contributed by atoms with Gasteiger partial charge in [0, 0.05) is 0 Å². The molecule has 0 bridgehead atoms. The first-order valence-electron chi connectivity index (χ1n) is 2.81. The van der Waals surface area contributed by atoms with Crippen molar-refractivity contribution in [3.05, 3.63) is 11.8 Å². The fourth-order valence-electron chi connectivity index (χ4n) is 0.407. The summed E-state index contributed by atoms with van der Waals surface area (Å²) in [5.41, 5.74) is 0. The average Bonchev–Trinajstić information content (AvgIpc) is 1.56. The zero-order valence-corrected chi connectivity index (χ0v) is 9.06. The molecule has 0 heterocycles. The van der Waals surface area contributed by atoms with Crippen molar-refractivity contribution >= 4 is 46.4 Å². The first-order chi connectivity index (χ1) is 4.63. The molecule has 0 aliphatic heterocycles. The van der Waals surface area contributed by atoms with Crippen LogP contribution in [0.25, 0.3) is 0 Å². The van der Waals surface area contributed by atoms with E-state index in [4.69, 9.17) is 51.5 Å². The second kappa shape index (κ2) is 3.61. The second-order valence-electron chi connectivity index (χ2n) is 2.59. The van der Waals surface area contributed by atoms with Gasteiger partial charge in [-0.05, 0) is 19.9 Å². The largest absolute Gasteiger partial charge is 0.508 e. The van der Waals surface area contributed by atoms with Gasteiger partial charge in [-0.15, -0.1) is 11.6 Å². The molecule has 0 radical (unpaired) electrons. The van der Waals surface area contributed by atoms with E-state index in [-0.39, 0.29) is 5.76 Å². The summed E-state index contributed by atoms with van der Waals surface area (Å²) in [4.78, 5) is -0.714. The Bertz CT molecular complexity index is 162. The average molecular weight is 238 g/mol. The van der Waals surface area contributed by atoms with Crippen LogP contribution in [0.1, 0.15) is 13.8 Å². The van der Waals surface area contributed by atoms with Gasteiger partial charge in [-0.25, -0.2) is 0 Å². The minimum absolute atomic E-state index is 0.359. The molecule has 0 saturated heterocycles. The molecule has 66 valence electrons. The van der Waals surface area contributed by atoms with E-state index in [1.807, 2.05) is 0 Å². The highest BCUT2D eigenvalue weighted by Gasteiger charge is 2.27. The van der Waals surface area contributed by atoms with Crippen molar-refractivity contribution in [2.45, 2.75) is 22.5 Å². The highest BCUT2D eigenvalue weighted by Crippen LogP contribution is 2.34. The van der Waals surface area contributed by atoms with Crippen LogP contribution in [0.3, 0.4) is 0 Å². The van der Waals surface area contributed by atoms with Gasteiger partial charge in [0.25, 0.3) is 0 Å². The molecule has 0 aromatic rings. The Morgan fingerprint density at radius 2 is 1.55 bits per heavy atom. The summed E-state index contributed by atoms with van der Waals surface area (Å²) in [6, 6.07) is 0. The van der Waals surface area contributed by atoms with Crippen molar-refractivity contribution in [1.29, 1.82) is 0 Å². The van der Waals surface area contributed by atoms with Crippen LogP contribution in [0.4, 0.5) is 0 Å². The molecule has 0 fully saturated rings. The molecule has 1 nitrogen and oxygen atoms in total. The normalized spacial score (nSPS) is 15.3. The summed E-state index contributed by atoms with van der Waals surface area (Å²) in [7, 11) is 0. The molecule has 0 aromatic heterocycles. The summed E-state index contributed by atoms with van der Waals surface area (Å²) >= 11 is 21.8. The number of aliphatic hydroxyl groups excluding tert-OH is 1. The van der Waals surface area contributed by atoms with Crippen molar-refractivity contribution in [3.63, 3.8) is 0 Å². The summed E-state index contributed by atoms with van der Waals surface area (Å²) in [5.74, 6) is -0.359. The van der Waals surface area contributed by atoms with E-state index in [1.165, 1.54) is 6.08 Å². The van der Waals surface area contributed by atoms with E-state index >= 15 is 0 Å². The summed E-state index contributed by atoms with van der Waals surface area (Å²) in [6.45, 7) is 3.34. The van der Waals surface area contributed by atoms with Gasteiger partial charge in [0.05, 0.1) is 4.87 Å². The SMILES string of the molecule is CC(C)(Cl)C=C(O)C(Cl)(Cl)Cl. The Morgan fingerprint density at radius 3 is 1.64 bits per heavy atom. The van der Waals surface area contributed by atoms with E-state index in [1.54, 1.807) is 13.8 Å². The molecular formula is C6H8Cl4O. The Morgan fingerprint density at radius 1 is 1.18 bits per heavy atom. The third kappa shape index (κ3) is 5.92. The number of alkyl halides is 4. The van der Waals surface area contributed by atoms with Crippen LogP contribution < -0.4 is 0 Å². The van der Waals surface area contributed by atoms with Gasteiger partial charge in [-0.2, -0.15) is 0 Å². The van der Waals surface area contributed by atoms with Gasteiger partial charge in [0.2, 0.25) is 3.79 Å². The molecule has 0 aliphatic carbocycles. The van der Waals surface area contributed by atoms with E-state index in [0.29, 0.717) is 0 Å². The Kier molecular flexibility index (Phi) is 3.84. The molecule has 5 heteroatoms. The zero-order valence-electron chi connectivity index (χ0n) is 6.04. The Hall–Kier alpha value is 0.700. The standard InChI is InChI=1S/C6H8Cl4O/c1-5(2,7)3-4(11)6(8,9)10/h3,11H,1-2H3. The summed E-state index contributed by atoms with van der Waals surface area (Å²) in [5, 5.41) is 9.10. The third-order valence-corrected chi connectivity index (χ3v) is 1.46. The van der Waals surface area contributed by atoms with Crippen LogP contribution in [-0.4, -0.2) is 13.8 Å². The zero-order chi connectivity index (χ0) is 9.28. The molecule has 0 aliphatic rings. The fourth-order valence-corrected chi connectivity index (χ4v) is 0.674. The van der Waals surface area contributed by atoms with E-state index in [2.05, 4.69) is 0 Å². The molecule has 11 heavy (non-hydrogen) atoms. The van der Waals surface area contributed by atoms with Crippen LogP contribution in [0.5, 0.6) is 0 Å². The van der Waals surface area contributed by atoms with Crippen molar-refractivity contribution in [1.82, 2.24) is 0 Å². The van der Waals surface area contributed by atoms with Gasteiger partial charge in [-0.3, -0.25) is 0 Å². The highest BCUT2D eigenvalue weighted by molar-refractivity contribution is 6.69. The highest BCUT2D eigenvalue weighted by atomic mass is 35.6. The number of allylic oxidation sites excluding steroid dienone is 2. The second-order valence-corrected chi connectivity index (χ2v) is 5.85. The van der Waals surface area contributed by atoms with Crippen molar-refractivity contribution in [3.8, 4) is 0 Å². The lowest BCUT2D eigenvalue weighted by atomic mass is 10.2. The Balaban J connectivity index is 4.49. The van der Waals surface area contributed by atoms with Crippen LogP contribution in [0.2, 0.25) is 0 Å². The molecule has 0 saturated carbocycles. The number of hydrogen-bond acceptors (Lipinski definition) is 1. The lowest BCUT2D eigenvalue weighted by Crippen LogP contribution is -2.13. The van der Waals surface area contributed by atoms with Crippen molar-refractivity contribution < 1.29 is 5.11 Å². The minimum Gasteiger partial charge on any atom is -0.508 e. The molecule has 0 unspecified atom stereocenters. The Labute approximate surface area is 85.9 Å². The van der Waals surface area contributed by atoms with Gasteiger partial charge >= 0.3 is 0 Å². The van der Waals surface area contributed by atoms with Crippen LogP contribution in [0, 0.1) is 0 Å². The maximum Gasteiger partial charge on any atom is 0.246 e. The quantitative estimate of drug-likeness (QED) is 0.543. The fraction of sp³-hybridized carbons (Fsp3) is 0.667. The summed E-state index contributed by atoms with van der Waals surface area (Å²) in [6.07, 6.45) is 1.28. The van der Waals surface area contributed by atoms with Crippen LogP contribution in [0.15, 0.2) is 11.8 Å². The van der Waals surface area contributed by atoms with Gasteiger partial charge in [-0.1, -0.05) is 34.8 Å².